The molecule has 2 aliphatic heterocycles. The molecule has 1 aliphatic carbocycles. The molecule has 2 heterocycles. The van der Waals surface area contributed by atoms with Gasteiger partial charge < -0.3 is 59.4 Å². The maximum absolute atomic E-state index is 13.7. The Bertz CT molecular complexity index is 1380. The number of fused-ring (bicyclic) bond motifs is 2. The minimum atomic E-state index is -1.82. The van der Waals surface area contributed by atoms with E-state index in [9.17, 15) is 45.3 Å². The van der Waals surface area contributed by atoms with Crippen LogP contribution in [0.1, 0.15) is 44.3 Å². The normalized spacial score (nSPS) is 34.5. The molecule has 0 aromatic heterocycles. The fourth-order valence-corrected chi connectivity index (χ4v) is 5.37. The van der Waals surface area contributed by atoms with Crippen LogP contribution in [0.4, 0.5) is 0 Å². The van der Waals surface area contributed by atoms with Crippen molar-refractivity contribution in [3.8, 4) is 17.2 Å². The maximum atomic E-state index is 13.7. The molecule has 14 nitrogen and oxygen atoms in total. The van der Waals surface area contributed by atoms with Gasteiger partial charge in [0, 0.05) is 17.2 Å². The van der Waals surface area contributed by atoms with Crippen molar-refractivity contribution in [2.24, 2.45) is 0 Å². The first-order chi connectivity index (χ1) is 19.9. The Kier molecular flexibility index (Phi) is 8.28. The number of aliphatic hydroxyl groups is 6. The average molecular weight is 593 g/mol. The van der Waals surface area contributed by atoms with Crippen LogP contribution in [-0.2, 0) is 14.2 Å². The summed E-state index contributed by atoms with van der Waals surface area (Å²) < 4.78 is 28.2. The number of hydrogen-bond acceptors (Lipinski definition) is 14. The number of carbonyl (C=O) groups is 2. The lowest BCUT2D eigenvalue weighted by Crippen LogP contribution is -2.64. The van der Waals surface area contributed by atoms with Gasteiger partial charge in [-0.1, -0.05) is 0 Å². The maximum Gasteiger partial charge on any atom is 0.229 e. The zero-order chi connectivity index (χ0) is 30.6. The number of rotatable bonds is 6. The van der Waals surface area contributed by atoms with Crippen molar-refractivity contribution in [3.63, 3.8) is 0 Å². The molecule has 0 bridgehead atoms. The molecule has 14 heteroatoms. The van der Waals surface area contributed by atoms with Crippen LogP contribution in [0.25, 0.3) is 0 Å². The molecule has 3 aliphatic rings. The monoisotopic (exact) mass is 592 g/mol. The SMILES string of the molecule is COc1cc(OC2OC(CO)C(O)C(O)C2OC2OC(C)C(O)C(O)C2O)c2c(c1)C(=O)c1cc(C)cc(O)c1C2=O. The molecular formula is C28H32O14. The van der Waals surface area contributed by atoms with Crippen molar-refractivity contribution >= 4 is 11.6 Å². The van der Waals surface area contributed by atoms with E-state index in [0.29, 0.717) is 5.56 Å². The largest absolute Gasteiger partial charge is 0.507 e. The fourth-order valence-electron chi connectivity index (χ4n) is 5.37. The van der Waals surface area contributed by atoms with Gasteiger partial charge in [-0.3, -0.25) is 9.59 Å². The lowest BCUT2D eigenvalue weighted by atomic mass is 9.82. The summed E-state index contributed by atoms with van der Waals surface area (Å²) in [5, 5.41) is 72.5. The van der Waals surface area contributed by atoms with E-state index in [4.69, 9.17) is 23.7 Å². The topological polar surface area (TPSA) is 222 Å². The predicted octanol–water partition coefficient (Wildman–Crippen LogP) is -1.48. The number of methoxy groups -OCH3 is 1. The second-order valence-corrected chi connectivity index (χ2v) is 10.5. The number of phenolic OH excluding ortho intramolecular Hbond substituents is 1. The Morgan fingerprint density at radius 1 is 0.810 bits per heavy atom. The van der Waals surface area contributed by atoms with Crippen LogP contribution in [-0.4, -0.2) is 122 Å². The molecule has 5 rings (SSSR count). The first-order valence-corrected chi connectivity index (χ1v) is 13.2. The zero-order valence-corrected chi connectivity index (χ0v) is 22.8. The molecular weight excluding hydrogens is 560 g/mol. The van der Waals surface area contributed by atoms with E-state index in [1.165, 1.54) is 38.3 Å². The summed E-state index contributed by atoms with van der Waals surface area (Å²) in [4.78, 5) is 27.2. The molecule has 7 N–H and O–H groups in total. The average Bonchev–Trinajstić information content (AvgIpc) is 2.96. The molecule has 0 spiro atoms. The number of aliphatic hydroxyl groups excluding tert-OH is 6. The highest BCUT2D eigenvalue weighted by Crippen LogP contribution is 2.41. The second-order valence-electron chi connectivity index (χ2n) is 10.5. The van der Waals surface area contributed by atoms with Crippen LogP contribution < -0.4 is 9.47 Å². The highest BCUT2D eigenvalue weighted by atomic mass is 16.8. The first kappa shape index (κ1) is 30.3. The Morgan fingerprint density at radius 3 is 2.17 bits per heavy atom. The van der Waals surface area contributed by atoms with Crippen LogP contribution >= 0.6 is 0 Å². The molecule has 10 atom stereocenters. The first-order valence-electron chi connectivity index (χ1n) is 13.2. The summed E-state index contributed by atoms with van der Waals surface area (Å²) >= 11 is 0. The molecule has 0 radical (unpaired) electrons. The lowest BCUT2D eigenvalue weighted by Gasteiger charge is -2.45. The van der Waals surface area contributed by atoms with E-state index in [1.807, 2.05) is 0 Å². The van der Waals surface area contributed by atoms with E-state index in [-0.39, 0.29) is 33.8 Å². The van der Waals surface area contributed by atoms with Crippen LogP contribution in [0, 0.1) is 6.92 Å². The summed E-state index contributed by atoms with van der Waals surface area (Å²) in [5.74, 6) is -1.93. The number of carbonyl (C=O) groups excluding carboxylic acids is 2. The Morgan fingerprint density at radius 2 is 1.50 bits per heavy atom. The second kappa shape index (κ2) is 11.5. The zero-order valence-electron chi connectivity index (χ0n) is 22.8. The van der Waals surface area contributed by atoms with Gasteiger partial charge in [-0.25, -0.2) is 0 Å². The highest BCUT2D eigenvalue weighted by Gasteiger charge is 2.51. The Labute approximate surface area is 239 Å². The minimum Gasteiger partial charge on any atom is -0.507 e. The third-order valence-electron chi connectivity index (χ3n) is 7.68. The molecule has 2 saturated heterocycles. The number of aryl methyl sites for hydroxylation is 1. The van der Waals surface area contributed by atoms with E-state index >= 15 is 0 Å². The number of phenols is 1. The van der Waals surface area contributed by atoms with E-state index in [2.05, 4.69) is 0 Å². The van der Waals surface area contributed by atoms with Gasteiger partial charge in [0.1, 0.15) is 53.9 Å². The quantitative estimate of drug-likeness (QED) is 0.173. The van der Waals surface area contributed by atoms with Gasteiger partial charge in [0.05, 0.1) is 30.9 Å². The van der Waals surface area contributed by atoms with Crippen LogP contribution in [0.5, 0.6) is 17.2 Å². The van der Waals surface area contributed by atoms with Gasteiger partial charge in [-0.2, -0.15) is 0 Å². The number of hydrogen-bond donors (Lipinski definition) is 7. The molecule has 2 aromatic rings. The van der Waals surface area contributed by atoms with Crippen LogP contribution in [0.15, 0.2) is 24.3 Å². The van der Waals surface area contributed by atoms with Crippen molar-refractivity contribution < 1.29 is 69.0 Å². The predicted molar refractivity (Wildman–Crippen MR) is 138 cm³/mol. The van der Waals surface area contributed by atoms with E-state index in [1.54, 1.807) is 6.92 Å². The van der Waals surface area contributed by atoms with Gasteiger partial charge in [0.2, 0.25) is 12.1 Å². The molecule has 0 amide bonds. The Hall–Kier alpha value is -3.18. The van der Waals surface area contributed by atoms with Gasteiger partial charge in [-0.15, -0.1) is 0 Å². The lowest BCUT2D eigenvalue weighted by molar-refractivity contribution is -0.354. The van der Waals surface area contributed by atoms with Crippen LogP contribution in [0.3, 0.4) is 0 Å². The highest BCUT2D eigenvalue weighted by molar-refractivity contribution is 6.30. The van der Waals surface area contributed by atoms with Crippen molar-refractivity contribution in [1.82, 2.24) is 0 Å². The van der Waals surface area contributed by atoms with Crippen molar-refractivity contribution in [2.75, 3.05) is 13.7 Å². The summed E-state index contributed by atoms with van der Waals surface area (Å²) in [7, 11) is 1.32. The molecule has 42 heavy (non-hydrogen) atoms. The summed E-state index contributed by atoms with van der Waals surface area (Å²) in [6.07, 6.45) is -15.8. The van der Waals surface area contributed by atoms with Gasteiger partial charge in [0.25, 0.3) is 0 Å². The van der Waals surface area contributed by atoms with E-state index < -0.39 is 85.3 Å². The van der Waals surface area contributed by atoms with Crippen LogP contribution in [0.2, 0.25) is 0 Å². The van der Waals surface area contributed by atoms with Gasteiger partial charge in [0.15, 0.2) is 18.2 Å². The number of ketones is 2. The summed E-state index contributed by atoms with van der Waals surface area (Å²) in [6, 6.07) is 5.40. The fraction of sp³-hybridized carbons (Fsp3) is 0.500. The van der Waals surface area contributed by atoms with Crippen molar-refractivity contribution in [1.29, 1.82) is 0 Å². The van der Waals surface area contributed by atoms with Crippen molar-refractivity contribution in [2.45, 2.75) is 75.3 Å². The number of ether oxygens (including phenoxy) is 5. The molecule has 228 valence electrons. The summed E-state index contributed by atoms with van der Waals surface area (Å²) in [6.45, 7) is 2.30. The third-order valence-corrected chi connectivity index (χ3v) is 7.68. The smallest absolute Gasteiger partial charge is 0.229 e. The van der Waals surface area contributed by atoms with E-state index in [0.717, 1.165) is 0 Å². The molecule has 2 aromatic carbocycles. The number of benzene rings is 2. The van der Waals surface area contributed by atoms with Crippen molar-refractivity contribution in [3.05, 3.63) is 52.1 Å². The summed E-state index contributed by atoms with van der Waals surface area (Å²) in [5.41, 5.74) is -0.0631. The number of aromatic hydroxyl groups is 1. The van der Waals surface area contributed by atoms with Gasteiger partial charge >= 0.3 is 0 Å². The Balaban J connectivity index is 1.55. The minimum absolute atomic E-state index is 0.0171. The molecule has 0 saturated carbocycles. The molecule has 2 fully saturated rings. The standard InChI is InChI=1S/C28H32O14/c1-9-4-12-17(14(30)5-9)22(34)18-13(20(12)32)6-11(38-3)7-15(18)40-28-26(24(36)21(33)16(8-29)41-28)42-27-25(37)23(35)19(31)10(2)39-27/h4-7,10,16,19,21,23-31,33,35-37H,8H2,1-3H3. The molecule has 10 unspecified atom stereocenters. The van der Waals surface area contributed by atoms with Gasteiger partial charge in [-0.05, 0) is 37.6 Å². The third kappa shape index (κ3) is 5.04.